The Bertz CT molecular complexity index is 890. The molecule has 2 aromatic heterocycles. The van der Waals surface area contributed by atoms with Crippen LogP contribution in [0, 0.1) is 6.92 Å². The maximum absolute atomic E-state index is 11.2. The Morgan fingerprint density at radius 1 is 1.29 bits per heavy atom. The van der Waals surface area contributed by atoms with E-state index in [0.717, 1.165) is 41.1 Å². The van der Waals surface area contributed by atoms with Crippen molar-refractivity contribution in [2.75, 3.05) is 18.0 Å². The molecule has 6 heteroatoms. The number of hydrogen-bond donors (Lipinski definition) is 1. The number of hydrogen-bond acceptors (Lipinski definition) is 5. The van der Waals surface area contributed by atoms with Crippen LogP contribution in [0.25, 0.3) is 5.65 Å². The highest BCUT2D eigenvalue weighted by molar-refractivity contribution is 5.69. The van der Waals surface area contributed by atoms with E-state index >= 15 is 0 Å². The summed E-state index contributed by atoms with van der Waals surface area (Å²) < 4.78 is 1.72. The molecule has 6 nitrogen and oxygen atoms in total. The van der Waals surface area contributed by atoms with Crippen molar-refractivity contribution in [3.8, 4) is 0 Å². The van der Waals surface area contributed by atoms with Crippen molar-refractivity contribution in [3.63, 3.8) is 0 Å². The van der Waals surface area contributed by atoms with E-state index in [1.54, 1.807) is 10.8 Å². The smallest absolute Gasteiger partial charge is 0.200 e. The highest BCUT2D eigenvalue weighted by Gasteiger charge is 2.39. The molecule has 1 saturated heterocycles. The summed E-state index contributed by atoms with van der Waals surface area (Å²) in [5.74, 6) is 0. The lowest BCUT2D eigenvalue weighted by Crippen LogP contribution is -2.31. The Balaban J connectivity index is 1.73. The van der Waals surface area contributed by atoms with Crippen molar-refractivity contribution in [3.05, 3.63) is 53.5 Å². The Morgan fingerprint density at radius 3 is 2.92 bits per heavy atom. The summed E-state index contributed by atoms with van der Waals surface area (Å²) in [6.45, 7) is 5.46. The van der Waals surface area contributed by atoms with Crippen LogP contribution in [0.2, 0.25) is 0 Å². The van der Waals surface area contributed by atoms with Crippen molar-refractivity contribution in [1.29, 1.82) is 0 Å². The molecular weight excluding hydrogens is 302 g/mol. The van der Waals surface area contributed by atoms with Gasteiger partial charge in [-0.2, -0.15) is 9.61 Å². The molecule has 1 aromatic carbocycles. The van der Waals surface area contributed by atoms with Gasteiger partial charge < -0.3 is 10.0 Å². The molecule has 0 radical (unpaired) electrons. The van der Waals surface area contributed by atoms with Gasteiger partial charge in [-0.05, 0) is 37.0 Å². The number of fused-ring (bicyclic) bond motifs is 1. The first-order chi connectivity index (χ1) is 11.6. The molecule has 0 saturated carbocycles. The average Bonchev–Trinajstić information content (AvgIpc) is 3.21. The second-order valence-electron chi connectivity index (χ2n) is 6.49. The van der Waals surface area contributed by atoms with E-state index in [1.165, 1.54) is 0 Å². The first-order valence-electron chi connectivity index (χ1n) is 8.34. The molecule has 1 N–H and O–H groups in total. The van der Waals surface area contributed by atoms with Crippen molar-refractivity contribution < 1.29 is 5.11 Å². The number of β-amino-alcohol motifs (C(OH)–C–C–N with tert-alkyl or cyclic N) is 1. The summed E-state index contributed by atoms with van der Waals surface area (Å²) >= 11 is 0. The summed E-state index contributed by atoms with van der Waals surface area (Å²) in [6, 6.07) is 10.1. The van der Waals surface area contributed by atoms with E-state index in [0.29, 0.717) is 13.0 Å². The van der Waals surface area contributed by atoms with Crippen LogP contribution in [0.5, 0.6) is 0 Å². The molecule has 0 amide bonds. The number of aliphatic hydroxyl groups is 1. The lowest BCUT2D eigenvalue weighted by molar-refractivity contribution is 0.0600. The summed E-state index contributed by atoms with van der Waals surface area (Å²) in [7, 11) is 0. The second kappa shape index (κ2) is 5.56. The zero-order chi connectivity index (χ0) is 16.7. The Labute approximate surface area is 140 Å². The van der Waals surface area contributed by atoms with E-state index in [-0.39, 0.29) is 0 Å². The fraction of sp³-hybridized carbons (Fsp3) is 0.389. The molecule has 0 bridgehead atoms. The number of nitrogens with zero attached hydrogens (tertiary/aromatic N) is 5. The zero-order valence-electron chi connectivity index (χ0n) is 14.0. The maximum atomic E-state index is 11.2. The van der Waals surface area contributed by atoms with E-state index < -0.39 is 5.60 Å². The molecule has 24 heavy (non-hydrogen) atoms. The first-order valence-corrected chi connectivity index (χ1v) is 8.34. The highest BCUT2D eigenvalue weighted by atomic mass is 16.3. The normalized spacial score (nSPS) is 20.9. The lowest BCUT2D eigenvalue weighted by atomic mass is 9.89. The molecule has 124 valence electrons. The van der Waals surface area contributed by atoms with Crippen molar-refractivity contribution in [2.45, 2.75) is 32.3 Å². The molecule has 1 unspecified atom stereocenters. The largest absolute Gasteiger partial charge is 0.383 e. The molecule has 1 aliphatic heterocycles. The van der Waals surface area contributed by atoms with Gasteiger partial charge in [0.25, 0.3) is 0 Å². The standard InChI is InChI=1S/C18H21N5O/c1-3-14-10-16(17-20-19-12-23(17)21-14)22-9-8-18(24,11-22)15-7-5-4-6-13(15)2/h4-7,10,12,24H,3,8-9,11H2,1-2H3. The summed E-state index contributed by atoms with van der Waals surface area (Å²) in [5.41, 5.74) is 4.01. The SMILES string of the molecule is CCc1cc(N2CCC(O)(c3ccccc3C)C2)c2nncn2n1. The molecule has 0 spiro atoms. The second-order valence-corrected chi connectivity index (χ2v) is 6.49. The topological polar surface area (TPSA) is 66.5 Å². The van der Waals surface area contributed by atoms with E-state index in [4.69, 9.17) is 0 Å². The summed E-state index contributed by atoms with van der Waals surface area (Å²) in [5, 5.41) is 23.9. The molecule has 0 aliphatic carbocycles. The minimum absolute atomic E-state index is 0.549. The third-order valence-electron chi connectivity index (χ3n) is 4.90. The van der Waals surface area contributed by atoms with Crippen LogP contribution in [0.3, 0.4) is 0 Å². The Kier molecular flexibility index (Phi) is 3.49. The van der Waals surface area contributed by atoms with E-state index in [9.17, 15) is 5.11 Å². The van der Waals surface area contributed by atoms with Crippen LogP contribution in [0.15, 0.2) is 36.7 Å². The quantitative estimate of drug-likeness (QED) is 0.799. The molecule has 3 heterocycles. The van der Waals surface area contributed by atoms with E-state index in [1.807, 2.05) is 31.2 Å². The van der Waals surface area contributed by atoms with Gasteiger partial charge in [0.1, 0.15) is 11.9 Å². The van der Waals surface area contributed by atoms with Gasteiger partial charge in [-0.25, -0.2) is 0 Å². The van der Waals surface area contributed by atoms with Crippen LogP contribution >= 0.6 is 0 Å². The highest BCUT2D eigenvalue weighted by Crippen LogP contribution is 2.37. The Hall–Kier alpha value is -2.47. The lowest BCUT2D eigenvalue weighted by Gasteiger charge is -2.26. The predicted octanol–water partition coefficient (Wildman–Crippen LogP) is 2.09. The zero-order valence-corrected chi connectivity index (χ0v) is 14.0. The predicted molar refractivity (Wildman–Crippen MR) is 92.1 cm³/mol. The average molecular weight is 323 g/mol. The number of rotatable bonds is 3. The first kappa shape index (κ1) is 15.1. The third kappa shape index (κ3) is 2.34. The van der Waals surface area contributed by atoms with Gasteiger partial charge in [0.05, 0.1) is 17.9 Å². The van der Waals surface area contributed by atoms with E-state index in [2.05, 4.69) is 33.2 Å². The van der Waals surface area contributed by atoms with Crippen LogP contribution < -0.4 is 4.90 Å². The monoisotopic (exact) mass is 323 g/mol. The Morgan fingerprint density at radius 2 is 2.12 bits per heavy atom. The van der Waals surface area contributed by atoms with Gasteiger partial charge >= 0.3 is 0 Å². The van der Waals surface area contributed by atoms with Gasteiger partial charge in [-0.3, -0.25) is 0 Å². The van der Waals surface area contributed by atoms with Crippen LogP contribution in [-0.4, -0.2) is 38.0 Å². The van der Waals surface area contributed by atoms with Gasteiger partial charge in [-0.15, -0.1) is 10.2 Å². The van der Waals surface area contributed by atoms with Gasteiger partial charge in [0.2, 0.25) is 5.65 Å². The maximum Gasteiger partial charge on any atom is 0.200 e. The fourth-order valence-electron chi connectivity index (χ4n) is 3.58. The summed E-state index contributed by atoms with van der Waals surface area (Å²) in [4.78, 5) is 2.19. The summed E-state index contributed by atoms with van der Waals surface area (Å²) in [6.07, 6.45) is 3.17. The number of anilines is 1. The molecule has 1 aliphatic rings. The number of aromatic nitrogens is 4. The van der Waals surface area contributed by atoms with Crippen LogP contribution in [0.1, 0.15) is 30.2 Å². The number of benzene rings is 1. The van der Waals surface area contributed by atoms with Crippen LogP contribution in [-0.2, 0) is 12.0 Å². The molecule has 1 atom stereocenters. The van der Waals surface area contributed by atoms with Crippen LogP contribution in [0.4, 0.5) is 5.69 Å². The van der Waals surface area contributed by atoms with Crippen molar-refractivity contribution >= 4 is 11.3 Å². The molecule has 4 rings (SSSR count). The minimum atomic E-state index is -0.835. The van der Waals surface area contributed by atoms with Gasteiger partial charge in [-0.1, -0.05) is 31.2 Å². The van der Waals surface area contributed by atoms with Crippen molar-refractivity contribution in [2.24, 2.45) is 0 Å². The minimum Gasteiger partial charge on any atom is -0.383 e. The number of aryl methyl sites for hydroxylation is 2. The molecular formula is C18H21N5O. The van der Waals surface area contributed by atoms with Crippen molar-refractivity contribution in [1.82, 2.24) is 19.8 Å². The molecule has 3 aromatic rings. The molecule has 1 fully saturated rings. The fourth-order valence-corrected chi connectivity index (χ4v) is 3.58. The third-order valence-corrected chi connectivity index (χ3v) is 4.90. The van der Waals surface area contributed by atoms with Gasteiger partial charge in [0, 0.05) is 6.54 Å². The van der Waals surface area contributed by atoms with Gasteiger partial charge in [0.15, 0.2) is 0 Å².